The normalized spacial score (nSPS) is 34.2. The van der Waals surface area contributed by atoms with Gasteiger partial charge in [-0.2, -0.15) is 0 Å². The number of hydrogen-bond donors (Lipinski definition) is 2. The molecule has 2 nitrogen and oxygen atoms in total. The van der Waals surface area contributed by atoms with Crippen molar-refractivity contribution in [2.45, 2.75) is 151 Å². The Morgan fingerprint density at radius 1 is 0.781 bits per heavy atom. The third kappa shape index (κ3) is 8.30. The van der Waals surface area contributed by atoms with Gasteiger partial charge in [0, 0.05) is 0 Å². The average molecular weight is 451 g/mol. The molecule has 0 aromatic carbocycles. The van der Waals surface area contributed by atoms with Crippen molar-refractivity contribution in [3.05, 3.63) is 0 Å². The van der Waals surface area contributed by atoms with Crippen LogP contribution in [-0.2, 0) is 0 Å². The fourth-order valence-electron chi connectivity index (χ4n) is 8.05. The van der Waals surface area contributed by atoms with Gasteiger partial charge in [-0.05, 0) is 98.2 Å². The minimum Gasteiger partial charge on any atom is -0.393 e. The van der Waals surface area contributed by atoms with Gasteiger partial charge in [0.1, 0.15) is 0 Å². The standard InChI is InChI=1S/C30H58O2/c1-8-11-25(31)15-18-28-23(3)20-24(21-30(28,6)7)13-9-14-26(32)16-17-27-22(2)12-10-19-29(27,4)5/h22-28,31-32H,8-21H2,1-7H3/t22-,23+,24?,25-,26-,27+,28-/m0/s1. The molecule has 32 heavy (non-hydrogen) atoms. The fraction of sp³-hybridized carbons (Fsp3) is 1.00. The molecule has 2 heteroatoms. The topological polar surface area (TPSA) is 40.5 Å². The summed E-state index contributed by atoms with van der Waals surface area (Å²) in [7, 11) is 0. The van der Waals surface area contributed by atoms with Gasteiger partial charge in [0.25, 0.3) is 0 Å². The van der Waals surface area contributed by atoms with Gasteiger partial charge in [-0.3, -0.25) is 0 Å². The van der Waals surface area contributed by atoms with Gasteiger partial charge in [0.05, 0.1) is 12.2 Å². The molecule has 2 saturated carbocycles. The van der Waals surface area contributed by atoms with Gasteiger partial charge in [-0.25, -0.2) is 0 Å². The molecule has 7 atom stereocenters. The Bertz CT molecular complexity index is 525. The van der Waals surface area contributed by atoms with E-state index in [9.17, 15) is 10.2 Å². The van der Waals surface area contributed by atoms with Gasteiger partial charge in [0.2, 0.25) is 0 Å². The van der Waals surface area contributed by atoms with Crippen LogP contribution in [0.2, 0.25) is 0 Å². The summed E-state index contributed by atoms with van der Waals surface area (Å²) in [5.41, 5.74) is 0.819. The predicted molar refractivity (Wildman–Crippen MR) is 139 cm³/mol. The maximum atomic E-state index is 10.7. The molecule has 2 rings (SSSR count). The van der Waals surface area contributed by atoms with E-state index in [4.69, 9.17) is 0 Å². The largest absolute Gasteiger partial charge is 0.393 e. The Morgan fingerprint density at radius 2 is 1.38 bits per heavy atom. The second-order valence-corrected chi connectivity index (χ2v) is 13.5. The summed E-state index contributed by atoms with van der Waals surface area (Å²) < 4.78 is 0. The summed E-state index contributed by atoms with van der Waals surface area (Å²) in [5, 5.41) is 20.9. The molecule has 0 spiro atoms. The Kier molecular flexibility index (Phi) is 11.1. The molecule has 0 aromatic rings. The number of rotatable bonds is 12. The maximum Gasteiger partial charge on any atom is 0.0540 e. The summed E-state index contributed by atoms with van der Waals surface area (Å²) in [6, 6.07) is 0. The minimum absolute atomic E-state index is 0.107. The molecule has 0 saturated heterocycles. The van der Waals surface area contributed by atoms with Crippen molar-refractivity contribution >= 4 is 0 Å². The van der Waals surface area contributed by atoms with Crippen molar-refractivity contribution < 1.29 is 10.2 Å². The van der Waals surface area contributed by atoms with Gasteiger partial charge in [-0.15, -0.1) is 0 Å². The highest BCUT2D eigenvalue weighted by molar-refractivity contribution is 4.91. The zero-order chi connectivity index (χ0) is 23.9. The molecule has 2 N–H and O–H groups in total. The first-order valence-corrected chi connectivity index (χ1v) is 14.3. The summed E-state index contributed by atoms with van der Waals surface area (Å²) in [5.74, 6) is 3.88. The highest BCUT2D eigenvalue weighted by Crippen LogP contribution is 2.50. The average Bonchev–Trinajstić information content (AvgIpc) is 2.66. The summed E-state index contributed by atoms with van der Waals surface area (Å²) in [6.45, 7) is 16.9. The number of aliphatic hydroxyl groups is 2. The summed E-state index contributed by atoms with van der Waals surface area (Å²) in [4.78, 5) is 0. The maximum absolute atomic E-state index is 10.7. The molecule has 0 aromatic heterocycles. The SMILES string of the molecule is CCC[C@H](O)CC[C@H]1[C@H](C)CC(CCC[C@H](O)CC[C@@H]2[C@@H](C)CCCC2(C)C)CC1(C)C. The highest BCUT2D eigenvalue weighted by atomic mass is 16.3. The zero-order valence-electron chi connectivity index (χ0n) is 22.8. The molecule has 190 valence electrons. The van der Waals surface area contributed by atoms with Crippen LogP contribution in [0, 0.1) is 40.4 Å². The van der Waals surface area contributed by atoms with Crippen LogP contribution in [0.25, 0.3) is 0 Å². The smallest absolute Gasteiger partial charge is 0.0540 e. The second-order valence-electron chi connectivity index (χ2n) is 13.5. The molecule has 0 bridgehead atoms. The van der Waals surface area contributed by atoms with E-state index in [1.54, 1.807) is 0 Å². The second kappa shape index (κ2) is 12.6. The molecular formula is C30H58O2. The molecule has 0 heterocycles. The van der Waals surface area contributed by atoms with Crippen molar-refractivity contribution in [3.8, 4) is 0 Å². The van der Waals surface area contributed by atoms with Crippen molar-refractivity contribution in [3.63, 3.8) is 0 Å². The van der Waals surface area contributed by atoms with Crippen LogP contribution in [0.5, 0.6) is 0 Å². The van der Waals surface area contributed by atoms with Crippen LogP contribution in [0.4, 0.5) is 0 Å². The van der Waals surface area contributed by atoms with Crippen LogP contribution in [0.15, 0.2) is 0 Å². The quantitative estimate of drug-likeness (QED) is 0.313. The Balaban J connectivity index is 1.72. The Labute approximate surface area is 201 Å². The van der Waals surface area contributed by atoms with Crippen molar-refractivity contribution in [2.24, 2.45) is 40.4 Å². The lowest BCUT2D eigenvalue weighted by Gasteiger charge is -2.47. The van der Waals surface area contributed by atoms with Crippen molar-refractivity contribution in [1.29, 1.82) is 0 Å². The predicted octanol–water partition coefficient (Wildman–Crippen LogP) is 8.39. The van der Waals surface area contributed by atoms with E-state index in [0.29, 0.717) is 10.8 Å². The molecule has 2 aliphatic rings. The van der Waals surface area contributed by atoms with Crippen LogP contribution < -0.4 is 0 Å². The van der Waals surface area contributed by atoms with Crippen LogP contribution in [0.3, 0.4) is 0 Å². The summed E-state index contributed by atoms with van der Waals surface area (Å²) in [6.07, 6.45) is 16.4. The lowest BCUT2D eigenvalue weighted by atomic mass is 9.58. The molecule has 2 fully saturated rings. The third-order valence-electron chi connectivity index (χ3n) is 9.78. The van der Waals surface area contributed by atoms with E-state index in [-0.39, 0.29) is 12.2 Å². The van der Waals surface area contributed by atoms with Gasteiger partial charge >= 0.3 is 0 Å². The van der Waals surface area contributed by atoms with Gasteiger partial charge in [0.15, 0.2) is 0 Å². The van der Waals surface area contributed by atoms with E-state index in [2.05, 4.69) is 48.5 Å². The van der Waals surface area contributed by atoms with Crippen LogP contribution >= 0.6 is 0 Å². The van der Waals surface area contributed by atoms with E-state index in [1.165, 1.54) is 57.8 Å². The van der Waals surface area contributed by atoms with Gasteiger partial charge in [-0.1, -0.05) is 80.6 Å². The first-order chi connectivity index (χ1) is 15.0. The molecule has 0 aliphatic heterocycles. The molecule has 0 radical (unpaired) electrons. The monoisotopic (exact) mass is 450 g/mol. The molecular weight excluding hydrogens is 392 g/mol. The summed E-state index contributed by atoms with van der Waals surface area (Å²) >= 11 is 0. The Hall–Kier alpha value is -0.0800. The van der Waals surface area contributed by atoms with Crippen molar-refractivity contribution in [2.75, 3.05) is 0 Å². The number of aliphatic hydroxyl groups excluding tert-OH is 2. The highest BCUT2D eigenvalue weighted by Gasteiger charge is 2.40. The Morgan fingerprint density at radius 3 is 1.94 bits per heavy atom. The molecule has 1 unspecified atom stereocenters. The van der Waals surface area contributed by atoms with E-state index < -0.39 is 0 Å². The van der Waals surface area contributed by atoms with Crippen LogP contribution in [-0.4, -0.2) is 22.4 Å². The van der Waals surface area contributed by atoms with E-state index in [1.807, 2.05) is 0 Å². The van der Waals surface area contributed by atoms with E-state index >= 15 is 0 Å². The lowest BCUT2D eigenvalue weighted by Crippen LogP contribution is -2.38. The minimum atomic E-state index is -0.109. The zero-order valence-corrected chi connectivity index (χ0v) is 22.8. The van der Waals surface area contributed by atoms with Crippen molar-refractivity contribution in [1.82, 2.24) is 0 Å². The number of hydrogen-bond acceptors (Lipinski definition) is 2. The lowest BCUT2D eigenvalue weighted by molar-refractivity contribution is 0.0214. The molecule has 2 aliphatic carbocycles. The first-order valence-electron chi connectivity index (χ1n) is 14.3. The third-order valence-corrected chi connectivity index (χ3v) is 9.78. The van der Waals surface area contributed by atoms with Crippen LogP contribution in [0.1, 0.15) is 138 Å². The first kappa shape index (κ1) is 28.2. The van der Waals surface area contributed by atoms with E-state index in [0.717, 1.165) is 61.7 Å². The van der Waals surface area contributed by atoms with Gasteiger partial charge < -0.3 is 10.2 Å². The fourth-order valence-corrected chi connectivity index (χ4v) is 8.05. The molecule has 0 amide bonds.